The lowest BCUT2D eigenvalue weighted by atomic mass is 10.3. The molecule has 1 aromatic rings. The van der Waals surface area contributed by atoms with Crippen molar-refractivity contribution in [3.63, 3.8) is 0 Å². The molecule has 0 spiro atoms. The van der Waals surface area contributed by atoms with Crippen molar-refractivity contribution in [1.82, 2.24) is 4.98 Å². The van der Waals surface area contributed by atoms with Crippen LogP contribution in [-0.4, -0.2) is 9.91 Å². The Kier molecular flexibility index (Phi) is 2.61. The van der Waals surface area contributed by atoms with E-state index in [0.717, 1.165) is 12.1 Å². The molecule has 0 atom stereocenters. The summed E-state index contributed by atoms with van der Waals surface area (Å²) in [6, 6.07) is 1.59. The predicted molar refractivity (Wildman–Crippen MR) is 40.9 cm³/mol. The maximum absolute atomic E-state index is 12.1. The molecule has 1 aromatic heterocycles. The number of halogens is 4. The van der Waals surface area contributed by atoms with E-state index in [-0.39, 0.29) is 0 Å². The maximum atomic E-state index is 12.1. The van der Waals surface area contributed by atoms with Crippen molar-refractivity contribution in [2.75, 3.05) is 0 Å². The van der Waals surface area contributed by atoms with Crippen LogP contribution < -0.4 is 0 Å². The minimum atomic E-state index is -4.79. The van der Waals surface area contributed by atoms with Crippen LogP contribution in [0.5, 0.6) is 0 Å². The van der Waals surface area contributed by atoms with Gasteiger partial charge in [-0.25, -0.2) is 0 Å². The molecule has 0 aliphatic carbocycles. The molecule has 0 bridgehead atoms. The fourth-order valence-corrected chi connectivity index (χ4v) is 0.945. The number of alkyl halides is 3. The van der Waals surface area contributed by atoms with Crippen molar-refractivity contribution in [1.29, 1.82) is 0 Å². The number of nitrogens with zero attached hydrogens (tertiary/aromatic N) is 2. The van der Waals surface area contributed by atoms with Crippen LogP contribution in [-0.2, 0) is 6.18 Å². The lowest BCUT2D eigenvalue weighted by Gasteiger charge is -2.02. The Labute approximate surface area is 80.5 Å². The monoisotopic (exact) mass is 226 g/mol. The van der Waals surface area contributed by atoms with E-state index in [1.54, 1.807) is 0 Å². The molecule has 1 rings (SSSR count). The first kappa shape index (κ1) is 10.7. The number of hydrogen-bond acceptors (Lipinski definition) is 3. The van der Waals surface area contributed by atoms with Gasteiger partial charge in [-0.1, -0.05) is 11.6 Å². The Hall–Kier alpha value is -1.37. The molecule has 4 nitrogen and oxygen atoms in total. The first-order chi connectivity index (χ1) is 6.32. The molecule has 1 heterocycles. The molecule has 0 aromatic carbocycles. The summed E-state index contributed by atoms with van der Waals surface area (Å²) in [7, 11) is 0. The molecule has 0 fully saturated rings. The summed E-state index contributed by atoms with van der Waals surface area (Å²) >= 11 is 5.18. The molecular formula is C6H2ClF3N2O2. The van der Waals surface area contributed by atoms with E-state index in [2.05, 4.69) is 4.98 Å². The smallest absolute Gasteiger partial charge is 0.358 e. The Morgan fingerprint density at radius 1 is 1.43 bits per heavy atom. The largest absolute Gasteiger partial charge is 0.459 e. The summed E-state index contributed by atoms with van der Waals surface area (Å²) in [5.41, 5.74) is -1.45. The van der Waals surface area contributed by atoms with E-state index in [4.69, 9.17) is 11.6 Å². The van der Waals surface area contributed by atoms with Crippen molar-refractivity contribution >= 4 is 17.4 Å². The summed E-state index contributed by atoms with van der Waals surface area (Å²) in [6.45, 7) is 0. The van der Waals surface area contributed by atoms with E-state index < -0.39 is 27.6 Å². The lowest BCUT2D eigenvalue weighted by Crippen LogP contribution is -2.10. The molecule has 0 N–H and O–H groups in total. The molecule has 0 aliphatic rings. The van der Waals surface area contributed by atoms with Gasteiger partial charge in [-0.05, 0) is 16.0 Å². The fraction of sp³-hybridized carbons (Fsp3) is 0.167. The lowest BCUT2D eigenvalue weighted by molar-refractivity contribution is -0.390. The van der Waals surface area contributed by atoms with Gasteiger partial charge in [0.15, 0.2) is 0 Å². The first-order valence-electron chi connectivity index (χ1n) is 3.20. The van der Waals surface area contributed by atoms with Gasteiger partial charge in [0.05, 0.1) is 5.02 Å². The van der Waals surface area contributed by atoms with Crippen molar-refractivity contribution in [3.8, 4) is 0 Å². The maximum Gasteiger partial charge on any atom is 0.459 e. The van der Waals surface area contributed by atoms with Crippen molar-refractivity contribution in [2.24, 2.45) is 0 Å². The van der Waals surface area contributed by atoms with Crippen LogP contribution >= 0.6 is 11.6 Å². The van der Waals surface area contributed by atoms with Crippen LogP contribution in [0, 0.1) is 10.1 Å². The van der Waals surface area contributed by atoms with Gasteiger partial charge in [0.1, 0.15) is 0 Å². The Bertz CT molecular complexity index is 380. The van der Waals surface area contributed by atoms with Gasteiger partial charge in [-0.15, -0.1) is 0 Å². The molecule has 0 radical (unpaired) electrons. The van der Waals surface area contributed by atoms with Crippen LogP contribution in [0.3, 0.4) is 0 Å². The van der Waals surface area contributed by atoms with Crippen molar-refractivity contribution in [2.45, 2.75) is 6.18 Å². The third-order valence-corrected chi connectivity index (χ3v) is 1.59. The summed E-state index contributed by atoms with van der Waals surface area (Å²) in [5.74, 6) is -0.887. The standard InChI is InChI=1S/C6H2ClF3N2O2/c7-3-1-2-4(12(13)14)11-5(3)6(8,9)10/h1-2H. The minimum Gasteiger partial charge on any atom is -0.358 e. The van der Waals surface area contributed by atoms with Crippen molar-refractivity contribution < 1.29 is 18.1 Å². The SMILES string of the molecule is O=[N+]([O-])c1ccc(Cl)c(C(F)(F)F)n1. The number of hydrogen-bond donors (Lipinski definition) is 0. The molecule has 0 unspecified atom stereocenters. The molecule has 76 valence electrons. The molecule has 0 saturated heterocycles. The first-order valence-corrected chi connectivity index (χ1v) is 3.58. The molecule has 0 amide bonds. The third-order valence-electron chi connectivity index (χ3n) is 1.29. The summed E-state index contributed by atoms with van der Waals surface area (Å²) in [5, 5.41) is 9.46. The molecule has 8 heteroatoms. The van der Waals surface area contributed by atoms with E-state index >= 15 is 0 Å². The zero-order chi connectivity index (χ0) is 10.9. The number of aromatic nitrogens is 1. The predicted octanol–water partition coefficient (Wildman–Crippen LogP) is 2.66. The van der Waals surface area contributed by atoms with E-state index in [9.17, 15) is 23.3 Å². The Balaban J connectivity index is 3.29. The Morgan fingerprint density at radius 2 is 2.00 bits per heavy atom. The topological polar surface area (TPSA) is 56.0 Å². The highest BCUT2D eigenvalue weighted by Gasteiger charge is 2.40. The highest BCUT2D eigenvalue weighted by molar-refractivity contribution is 6.31. The second-order valence-electron chi connectivity index (χ2n) is 2.25. The van der Waals surface area contributed by atoms with E-state index in [0.29, 0.717) is 0 Å². The van der Waals surface area contributed by atoms with Crippen LogP contribution in [0.15, 0.2) is 12.1 Å². The summed E-state index contributed by atoms with van der Waals surface area (Å²) in [6.07, 6.45) is -4.79. The Morgan fingerprint density at radius 3 is 2.43 bits per heavy atom. The van der Waals surface area contributed by atoms with Crippen LogP contribution in [0.1, 0.15) is 5.69 Å². The van der Waals surface area contributed by atoms with Crippen LogP contribution in [0.2, 0.25) is 5.02 Å². The second kappa shape index (κ2) is 3.41. The summed E-state index contributed by atoms with van der Waals surface area (Å²) < 4.78 is 36.4. The fourth-order valence-electron chi connectivity index (χ4n) is 0.732. The van der Waals surface area contributed by atoms with Gasteiger partial charge in [-0.2, -0.15) is 13.2 Å². The van der Waals surface area contributed by atoms with Crippen LogP contribution in [0.25, 0.3) is 0 Å². The van der Waals surface area contributed by atoms with Gasteiger partial charge in [0, 0.05) is 6.07 Å². The number of nitro groups is 1. The van der Waals surface area contributed by atoms with Crippen LogP contribution in [0.4, 0.5) is 19.0 Å². The van der Waals surface area contributed by atoms with Gasteiger partial charge in [-0.3, -0.25) is 0 Å². The van der Waals surface area contributed by atoms with Gasteiger partial charge in [0.2, 0.25) is 0 Å². The highest BCUT2D eigenvalue weighted by atomic mass is 35.5. The average molecular weight is 227 g/mol. The zero-order valence-electron chi connectivity index (χ0n) is 6.38. The quantitative estimate of drug-likeness (QED) is 0.546. The van der Waals surface area contributed by atoms with Gasteiger partial charge in [0.25, 0.3) is 5.69 Å². The number of pyridine rings is 1. The molecule has 0 saturated carbocycles. The molecule has 0 aliphatic heterocycles. The second-order valence-corrected chi connectivity index (χ2v) is 2.66. The molecule has 14 heavy (non-hydrogen) atoms. The highest BCUT2D eigenvalue weighted by Crippen LogP contribution is 2.33. The minimum absolute atomic E-state index is 0.664. The zero-order valence-corrected chi connectivity index (χ0v) is 7.13. The summed E-state index contributed by atoms with van der Waals surface area (Å²) in [4.78, 5) is 11.9. The van der Waals surface area contributed by atoms with Gasteiger partial charge >= 0.3 is 12.0 Å². The van der Waals surface area contributed by atoms with E-state index in [1.807, 2.05) is 0 Å². The molecular weight excluding hydrogens is 225 g/mol. The van der Waals surface area contributed by atoms with E-state index in [1.165, 1.54) is 0 Å². The van der Waals surface area contributed by atoms with Gasteiger partial charge < -0.3 is 10.1 Å². The van der Waals surface area contributed by atoms with Crippen molar-refractivity contribution in [3.05, 3.63) is 33.0 Å². The third kappa shape index (κ3) is 2.11. The normalized spacial score (nSPS) is 11.4. The number of rotatable bonds is 1. The average Bonchev–Trinajstić information content (AvgIpc) is 2.02.